The minimum atomic E-state index is 0.607. The highest BCUT2D eigenvalue weighted by atomic mass is 14.7. The Balaban J connectivity index is 1.61. The molecule has 5 atom stereocenters. The Kier molecular flexibility index (Phi) is 1.99. The van der Waals surface area contributed by atoms with Crippen molar-refractivity contribution >= 4 is 0 Å². The third kappa shape index (κ3) is 1.18. The van der Waals surface area contributed by atoms with Gasteiger partial charge in [-0.25, -0.2) is 0 Å². The summed E-state index contributed by atoms with van der Waals surface area (Å²) in [5.41, 5.74) is 5.11. The van der Waals surface area contributed by atoms with Gasteiger partial charge < -0.3 is 0 Å². The van der Waals surface area contributed by atoms with Gasteiger partial charge in [-0.2, -0.15) is 0 Å². The van der Waals surface area contributed by atoms with Crippen LogP contribution in [-0.4, -0.2) is 0 Å². The highest BCUT2D eigenvalue weighted by molar-refractivity contribution is 5.46. The number of fused-ring (bicyclic) bond motifs is 1. The van der Waals surface area contributed by atoms with Crippen molar-refractivity contribution < 1.29 is 0 Å². The fourth-order valence-electron chi connectivity index (χ4n) is 6.88. The molecule has 0 radical (unpaired) electrons. The summed E-state index contributed by atoms with van der Waals surface area (Å²) < 4.78 is 0. The zero-order valence-electron chi connectivity index (χ0n) is 12.3. The Morgan fingerprint density at radius 3 is 3.00 bits per heavy atom. The summed E-state index contributed by atoms with van der Waals surface area (Å²) in [6.45, 7) is 2.59. The quantitative estimate of drug-likeness (QED) is 0.517. The first kappa shape index (κ1) is 11.2. The second-order valence-corrected chi connectivity index (χ2v) is 8.39. The largest absolute Gasteiger partial charge is 0.0842 e. The van der Waals surface area contributed by atoms with Gasteiger partial charge in [0.15, 0.2) is 0 Å². The van der Waals surface area contributed by atoms with E-state index in [1.54, 1.807) is 0 Å². The molecule has 6 rings (SSSR count). The summed E-state index contributed by atoms with van der Waals surface area (Å²) in [4.78, 5) is 0. The predicted octanol–water partition coefficient (Wildman–Crippen LogP) is 5.26. The maximum Gasteiger partial charge on any atom is 0.0132 e. The Hall–Kier alpha value is -0.520. The summed E-state index contributed by atoms with van der Waals surface area (Å²) >= 11 is 0. The van der Waals surface area contributed by atoms with Gasteiger partial charge in [-0.3, -0.25) is 0 Å². The second kappa shape index (κ2) is 3.38. The molecular weight excluding hydrogens is 228 g/mol. The summed E-state index contributed by atoms with van der Waals surface area (Å²) in [6, 6.07) is 0. The van der Waals surface area contributed by atoms with Gasteiger partial charge in [-0.15, -0.1) is 0 Å². The van der Waals surface area contributed by atoms with E-state index in [2.05, 4.69) is 19.1 Å². The molecule has 0 saturated heterocycles. The van der Waals surface area contributed by atoms with Crippen molar-refractivity contribution in [1.29, 1.82) is 0 Å². The first-order valence-corrected chi connectivity index (χ1v) is 8.64. The molecule has 19 heavy (non-hydrogen) atoms. The lowest BCUT2D eigenvalue weighted by atomic mass is 9.40. The molecule has 102 valence electrons. The van der Waals surface area contributed by atoms with Crippen LogP contribution in [0, 0.1) is 28.6 Å². The van der Waals surface area contributed by atoms with Crippen molar-refractivity contribution in [1.82, 2.24) is 0 Å². The smallest absolute Gasteiger partial charge is 0.0132 e. The van der Waals surface area contributed by atoms with Gasteiger partial charge in [-0.1, -0.05) is 36.6 Å². The lowest BCUT2D eigenvalue weighted by Gasteiger charge is -2.64. The monoisotopic (exact) mass is 254 g/mol. The van der Waals surface area contributed by atoms with Gasteiger partial charge in [0, 0.05) is 5.41 Å². The van der Waals surface area contributed by atoms with Crippen molar-refractivity contribution in [2.75, 3.05) is 0 Å². The van der Waals surface area contributed by atoms with Crippen LogP contribution in [0.25, 0.3) is 0 Å². The first-order valence-electron chi connectivity index (χ1n) is 8.64. The molecule has 0 aromatic rings. The summed E-state index contributed by atoms with van der Waals surface area (Å²) in [5, 5.41) is 0. The number of hydrogen-bond acceptors (Lipinski definition) is 0. The molecule has 0 amide bonds. The van der Waals surface area contributed by atoms with Gasteiger partial charge in [0.1, 0.15) is 0 Å². The molecule has 0 aliphatic heterocycles. The Labute approximate surface area is 117 Å². The first-order chi connectivity index (χ1) is 9.23. The number of rotatable bonds is 0. The third-order valence-electron chi connectivity index (χ3n) is 7.68. The molecule has 1 spiro atoms. The summed E-state index contributed by atoms with van der Waals surface area (Å²) in [5.74, 6) is 3.01. The maximum absolute atomic E-state index is 2.74. The predicted molar refractivity (Wildman–Crippen MR) is 78.7 cm³/mol. The third-order valence-corrected chi connectivity index (χ3v) is 7.68. The molecule has 0 nitrogen and oxygen atoms in total. The fraction of sp³-hybridized carbons (Fsp3) is 0.789. The van der Waals surface area contributed by atoms with Crippen molar-refractivity contribution in [2.45, 2.75) is 64.7 Å². The van der Waals surface area contributed by atoms with E-state index < -0.39 is 0 Å². The molecule has 2 bridgehead atoms. The molecule has 0 heterocycles. The van der Waals surface area contributed by atoms with E-state index >= 15 is 0 Å². The van der Waals surface area contributed by atoms with Crippen LogP contribution in [0.1, 0.15) is 64.7 Å². The second-order valence-electron chi connectivity index (χ2n) is 8.39. The Morgan fingerprint density at radius 1 is 1.11 bits per heavy atom. The average molecular weight is 254 g/mol. The highest BCUT2D eigenvalue weighted by Gasteiger charge is 2.61. The van der Waals surface area contributed by atoms with Gasteiger partial charge >= 0.3 is 0 Å². The average Bonchev–Trinajstić information content (AvgIpc) is 2.80. The van der Waals surface area contributed by atoms with Gasteiger partial charge in [0.05, 0.1) is 0 Å². The van der Waals surface area contributed by atoms with Crippen LogP contribution in [0.2, 0.25) is 0 Å². The van der Waals surface area contributed by atoms with Crippen LogP contribution in [0.5, 0.6) is 0 Å². The maximum atomic E-state index is 2.74. The van der Waals surface area contributed by atoms with Gasteiger partial charge in [-0.05, 0) is 74.5 Å². The zero-order valence-corrected chi connectivity index (χ0v) is 12.3. The summed E-state index contributed by atoms with van der Waals surface area (Å²) in [7, 11) is 0. The van der Waals surface area contributed by atoms with Crippen molar-refractivity contribution in [3.63, 3.8) is 0 Å². The van der Waals surface area contributed by atoms with Crippen molar-refractivity contribution in [3.8, 4) is 0 Å². The zero-order chi connectivity index (χ0) is 12.7. The highest BCUT2D eigenvalue weighted by Crippen LogP contribution is 2.72. The standard InChI is InChI=1S/C19H26/c1-18-8-4-6-16(18)14-11-13-12-19(17(14)7-10-18)9-3-2-5-15(13)19/h5,7,13-14,16H,2-4,6,8-12H2,1H3/t13-,14-,16-,18-,19+/m0/s1. The molecule has 0 aromatic heterocycles. The van der Waals surface area contributed by atoms with Gasteiger partial charge in [0.2, 0.25) is 0 Å². The molecule has 6 aliphatic rings. The number of hydrogen-bond donors (Lipinski definition) is 0. The van der Waals surface area contributed by atoms with Crippen molar-refractivity contribution in [2.24, 2.45) is 28.6 Å². The molecule has 4 saturated carbocycles. The molecular formula is C19H26. The molecule has 4 fully saturated rings. The minimum absolute atomic E-state index is 0.607. The van der Waals surface area contributed by atoms with Gasteiger partial charge in [0.25, 0.3) is 0 Å². The number of allylic oxidation sites excluding steroid dienone is 4. The Bertz CT molecular complexity index is 496. The van der Waals surface area contributed by atoms with E-state index in [9.17, 15) is 0 Å². The van der Waals surface area contributed by atoms with Crippen molar-refractivity contribution in [3.05, 3.63) is 23.3 Å². The lowest BCUT2D eigenvalue weighted by Crippen LogP contribution is -2.54. The van der Waals surface area contributed by atoms with E-state index in [0.29, 0.717) is 10.8 Å². The fourth-order valence-corrected chi connectivity index (χ4v) is 6.88. The van der Waals surface area contributed by atoms with Crippen LogP contribution in [0.4, 0.5) is 0 Å². The van der Waals surface area contributed by atoms with E-state index in [4.69, 9.17) is 0 Å². The van der Waals surface area contributed by atoms with Crippen LogP contribution in [-0.2, 0) is 0 Å². The van der Waals surface area contributed by atoms with Crippen LogP contribution in [0.15, 0.2) is 23.3 Å². The SMILES string of the molecule is C[C@]12CC=C3[C@@H](C[C@H]4C[C@@]35CCCC=C45)[C@@H]1CCC2. The molecule has 0 N–H and O–H groups in total. The van der Waals surface area contributed by atoms with Crippen LogP contribution in [0.3, 0.4) is 0 Å². The van der Waals surface area contributed by atoms with Crippen LogP contribution >= 0.6 is 0 Å². The van der Waals surface area contributed by atoms with E-state index in [1.165, 1.54) is 57.8 Å². The van der Waals surface area contributed by atoms with E-state index in [-0.39, 0.29) is 0 Å². The lowest BCUT2D eigenvalue weighted by molar-refractivity contribution is 0.0325. The molecule has 0 heteroatoms. The van der Waals surface area contributed by atoms with Crippen LogP contribution < -0.4 is 0 Å². The topological polar surface area (TPSA) is 0 Å². The minimum Gasteiger partial charge on any atom is -0.0842 e. The summed E-state index contributed by atoms with van der Waals surface area (Å²) in [6.07, 6.45) is 18.6. The molecule has 6 aliphatic carbocycles. The van der Waals surface area contributed by atoms with E-state index in [0.717, 1.165) is 17.8 Å². The normalized spacial score (nSPS) is 54.3. The van der Waals surface area contributed by atoms with E-state index in [1.807, 2.05) is 11.1 Å². The Morgan fingerprint density at radius 2 is 2.05 bits per heavy atom. The molecule has 0 aromatic carbocycles. The molecule has 0 unspecified atom stereocenters.